The Kier molecular flexibility index (Phi) is 6.32. The van der Waals surface area contributed by atoms with E-state index < -0.39 is 0 Å². The zero-order valence-electron chi connectivity index (χ0n) is 8.58. The molecule has 1 N–H and O–H groups in total. The normalized spacial score (nSPS) is 30.9. The lowest BCUT2D eigenvalue weighted by Gasteiger charge is -1.84. The lowest BCUT2D eigenvalue weighted by molar-refractivity contribution is 1.20. The highest BCUT2D eigenvalue weighted by Crippen LogP contribution is 1.85. The summed E-state index contributed by atoms with van der Waals surface area (Å²) < 4.78 is 0. The molecule has 0 saturated heterocycles. The molecule has 1 heterocycles. The number of nitrogens with one attached hydrogen (secondary N) is 1. The molecule has 1 nitrogen and oxygen atoms in total. The molecule has 0 saturated carbocycles. The molecule has 0 bridgehead atoms. The Morgan fingerprint density at radius 1 is 0.333 bits per heavy atom. The van der Waals surface area contributed by atoms with E-state index in [1.165, 1.54) is 0 Å². The molecule has 1 heteroatoms. The van der Waals surface area contributed by atoms with Gasteiger partial charge < -0.3 is 5.32 Å². The minimum absolute atomic E-state index is 1.88. The van der Waals surface area contributed by atoms with Crippen LogP contribution in [-0.2, 0) is 0 Å². The minimum atomic E-state index is 1.88. The van der Waals surface area contributed by atoms with Crippen molar-refractivity contribution in [3.8, 4) is 0 Å². The summed E-state index contributed by atoms with van der Waals surface area (Å²) in [5, 5.41) is 3.03. The predicted octanol–water partition coefficient (Wildman–Crippen LogP) is 3.40. The maximum Gasteiger partial charge on any atom is 0.000442 e. The van der Waals surface area contributed by atoms with E-state index in [0.717, 1.165) is 0 Å². The van der Waals surface area contributed by atoms with Crippen molar-refractivity contribution >= 4 is 0 Å². The van der Waals surface area contributed by atoms with Gasteiger partial charge in [-0.3, -0.25) is 0 Å². The Labute approximate surface area is 91.2 Å². The zero-order chi connectivity index (χ0) is 10.6. The van der Waals surface area contributed by atoms with Gasteiger partial charge in [0, 0.05) is 12.4 Å². The second kappa shape index (κ2) is 8.57. The summed E-state index contributed by atoms with van der Waals surface area (Å²) in [7, 11) is 0. The van der Waals surface area contributed by atoms with Gasteiger partial charge in [-0.05, 0) is 12.2 Å². The van der Waals surface area contributed by atoms with Gasteiger partial charge in [-0.2, -0.15) is 0 Å². The molecule has 1 rings (SSSR count). The smallest absolute Gasteiger partial charge is 0.000442 e. The van der Waals surface area contributed by atoms with Gasteiger partial charge in [0.2, 0.25) is 0 Å². The molecule has 15 heavy (non-hydrogen) atoms. The van der Waals surface area contributed by atoms with Crippen molar-refractivity contribution in [3.63, 3.8) is 0 Å². The van der Waals surface area contributed by atoms with E-state index in [1.807, 2.05) is 85.3 Å². The van der Waals surface area contributed by atoms with Gasteiger partial charge in [0.05, 0.1) is 0 Å². The van der Waals surface area contributed by atoms with Gasteiger partial charge in [0.25, 0.3) is 0 Å². The van der Waals surface area contributed by atoms with Crippen molar-refractivity contribution in [2.75, 3.05) is 0 Å². The summed E-state index contributed by atoms with van der Waals surface area (Å²) in [4.78, 5) is 0. The molecule has 76 valence electrons. The van der Waals surface area contributed by atoms with Crippen molar-refractivity contribution in [1.29, 1.82) is 0 Å². The lowest BCUT2D eigenvalue weighted by atomic mass is 10.3. The molecule has 1 aliphatic rings. The van der Waals surface area contributed by atoms with Crippen LogP contribution in [0.2, 0.25) is 0 Å². The first kappa shape index (κ1) is 11.1. The average molecular weight is 197 g/mol. The highest BCUT2D eigenvalue weighted by atomic mass is 14.8. The highest BCUT2D eigenvalue weighted by Gasteiger charge is 1.67. The van der Waals surface area contributed by atoms with Crippen LogP contribution in [0.15, 0.2) is 85.3 Å². The molecule has 0 aromatic heterocycles. The predicted molar refractivity (Wildman–Crippen MR) is 67.1 cm³/mol. The van der Waals surface area contributed by atoms with Crippen molar-refractivity contribution in [3.05, 3.63) is 85.3 Å². The fourth-order valence-electron chi connectivity index (χ4n) is 0.919. The summed E-state index contributed by atoms with van der Waals surface area (Å²) in [5.74, 6) is 0. The molecule has 0 amide bonds. The third kappa shape index (κ3) is 7.08. The van der Waals surface area contributed by atoms with Crippen LogP contribution < -0.4 is 5.32 Å². The third-order valence-corrected chi connectivity index (χ3v) is 1.61. The lowest BCUT2D eigenvalue weighted by Crippen LogP contribution is -1.89. The summed E-state index contributed by atoms with van der Waals surface area (Å²) >= 11 is 0. The van der Waals surface area contributed by atoms with Crippen LogP contribution in [0.4, 0.5) is 0 Å². The van der Waals surface area contributed by atoms with Gasteiger partial charge in [-0.25, -0.2) is 0 Å². The van der Waals surface area contributed by atoms with Crippen molar-refractivity contribution in [2.24, 2.45) is 0 Å². The highest BCUT2D eigenvalue weighted by molar-refractivity contribution is 5.21. The molecule has 0 aromatic carbocycles. The monoisotopic (exact) mass is 197 g/mol. The van der Waals surface area contributed by atoms with Crippen molar-refractivity contribution < 1.29 is 0 Å². The van der Waals surface area contributed by atoms with Gasteiger partial charge in [-0.1, -0.05) is 60.8 Å². The van der Waals surface area contributed by atoms with E-state index in [1.54, 1.807) is 0 Å². The number of allylic oxidation sites excluding steroid dienone is 12. The molecule has 0 unspecified atom stereocenters. The molecule has 0 spiro atoms. The topological polar surface area (TPSA) is 12.0 Å². The zero-order valence-corrected chi connectivity index (χ0v) is 8.58. The SMILES string of the molecule is C1=C\C=C/C=C\N\C=C/C=C/C=C\C=C/1. The fourth-order valence-corrected chi connectivity index (χ4v) is 0.919. The Morgan fingerprint density at radius 2 is 0.600 bits per heavy atom. The van der Waals surface area contributed by atoms with E-state index >= 15 is 0 Å². The molecule has 0 atom stereocenters. The molecule has 1 aliphatic heterocycles. The largest absolute Gasteiger partial charge is 0.368 e. The number of hydrogen-bond acceptors (Lipinski definition) is 1. The first-order valence-electron chi connectivity index (χ1n) is 4.91. The van der Waals surface area contributed by atoms with Gasteiger partial charge in [0.15, 0.2) is 0 Å². The van der Waals surface area contributed by atoms with Gasteiger partial charge >= 0.3 is 0 Å². The van der Waals surface area contributed by atoms with E-state index in [-0.39, 0.29) is 0 Å². The Bertz CT molecular complexity index is 316. The summed E-state index contributed by atoms with van der Waals surface area (Å²) in [6.07, 6.45) is 27.5. The van der Waals surface area contributed by atoms with Crippen LogP contribution >= 0.6 is 0 Å². The van der Waals surface area contributed by atoms with Crippen LogP contribution in [0.5, 0.6) is 0 Å². The minimum Gasteiger partial charge on any atom is -0.368 e. The molecular weight excluding hydrogens is 182 g/mol. The molecule has 0 aromatic rings. The Balaban J connectivity index is 2.62. The number of rotatable bonds is 0. The van der Waals surface area contributed by atoms with E-state index in [4.69, 9.17) is 0 Å². The summed E-state index contributed by atoms with van der Waals surface area (Å²) in [5.41, 5.74) is 0. The van der Waals surface area contributed by atoms with E-state index in [9.17, 15) is 0 Å². The maximum atomic E-state index is 3.03. The van der Waals surface area contributed by atoms with Crippen LogP contribution in [0, 0.1) is 0 Å². The van der Waals surface area contributed by atoms with Gasteiger partial charge in [0.1, 0.15) is 0 Å². The number of hydrogen-bond donors (Lipinski definition) is 1. The summed E-state index contributed by atoms with van der Waals surface area (Å²) in [6, 6.07) is 0. The van der Waals surface area contributed by atoms with Crippen LogP contribution in [0.25, 0.3) is 0 Å². The summed E-state index contributed by atoms with van der Waals surface area (Å²) in [6.45, 7) is 0. The Hall–Kier alpha value is -2.02. The Morgan fingerprint density at radius 3 is 0.933 bits per heavy atom. The molecule has 0 radical (unpaired) electrons. The quantitative estimate of drug-likeness (QED) is 0.627. The van der Waals surface area contributed by atoms with Crippen LogP contribution in [0.3, 0.4) is 0 Å². The molecule has 0 aliphatic carbocycles. The van der Waals surface area contributed by atoms with Crippen molar-refractivity contribution in [1.82, 2.24) is 5.32 Å². The van der Waals surface area contributed by atoms with E-state index in [2.05, 4.69) is 5.32 Å². The first-order chi connectivity index (χ1) is 7.50. The van der Waals surface area contributed by atoms with Crippen LogP contribution in [-0.4, -0.2) is 0 Å². The van der Waals surface area contributed by atoms with Crippen LogP contribution in [0.1, 0.15) is 0 Å². The molecule has 0 fully saturated rings. The maximum absolute atomic E-state index is 3.03. The van der Waals surface area contributed by atoms with Gasteiger partial charge in [-0.15, -0.1) is 0 Å². The standard InChI is InChI=1S/C14H15N/c1-2-4-6-8-10-12-14-15-13-11-9-7-5-3-1/h1-15H/b2-1-,5-3-,6-4-,9-7-,10-8+,13-11-,14-12-. The van der Waals surface area contributed by atoms with Crippen molar-refractivity contribution in [2.45, 2.75) is 0 Å². The molecular formula is C14H15N. The third-order valence-electron chi connectivity index (χ3n) is 1.61. The second-order valence-corrected chi connectivity index (χ2v) is 2.81. The average Bonchev–Trinajstić information content (AvgIpc) is 2.27. The fraction of sp³-hybridized carbons (Fsp3) is 0. The first-order valence-corrected chi connectivity index (χ1v) is 4.91. The van der Waals surface area contributed by atoms with E-state index in [0.29, 0.717) is 0 Å². The second-order valence-electron chi connectivity index (χ2n) is 2.81.